The number of para-hydroxylation sites is 3. The third kappa shape index (κ3) is 5.63. The second-order valence-corrected chi connectivity index (χ2v) is 7.50. The fraction of sp³-hybridized carbons (Fsp3) is 0.200. The lowest BCUT2D eigenvalue weighted by molar-refractivity contribution is -0.114. The summed E-state index contributed by atoms with van der Waals surface area (Å²) >= 11 is 0. The van der Waals surface area contributed by atoms with Gasteiger partial charge in [0.05, 0.1) is 12.2 Å². The Hall–Kier alpha value is -3.80. The lowest BCUT2D eigenvalue weighted by atomic mass is 10.1. The molecule has 0 unspecified atom stereocenters. The second kappa shape index (κ2) is 9.80. The molecule has 31 heavy (non-hydrogen) atoms. The van der Waals surface area contributed by atoms with Crippen molar-refractivity contribution in [2.24, 2.45) is 0 Å². The van der Waals surface area contributed by atoms with Crippen molar-refractivity contribution in [1.82, 2.24) is 4.90 Å². The van der Waals surface area contributed by atoms with Gasteiger partial charge in [-0.3, -0.25) is 9.59 Å². The summed E-state index contributed by atoms with van der Waals surface area (Å²) < 4.78 is 6.15. The van der Waals surface area contributed by atoms with Gasteiger partial charge < -0.3 is 20.3 Å². The van der Waals surface area contributed by atoms with E-state index in [4.69, 9.17) is 4.74 Å². The number of hydrogen-bond acceptors (Lipinski definition) is 4. The van der Waals surface area contributed by atoms with E-state index in [2.05, 4.69) is 10.6 Å². The van der Waals surface area contributed by atoms with Gasteiger partial charge in [-0.15, -0.1) is 0 Å². The molecule has 0 bridgehead atoms. The zero-order valence-corrected chi connectivity index (χ0v) is 18.2. The molecule has 0 aliphatic rings. The lowest BCUT2D eigenvalue weighted by Gasteiger charge is -2.16. The van der Waals surface area contributed by atoms with Gasteiger partial charge in [-0.25, -0.2) is 0 Å². The lowest BCUT2D eigenvalue weighted by Crippen LogP contribution is -2.23. The topological polar surface area (TPSA) is 70.7 Å². The van der Waals surface area contributed by atoms with Crippen molar-refractivity contribution >= 4 is 23.2 Å². The maximum absolute atomic E-state index is 12.4. The molecule has 0 atom stereocenters. The molecular formula is C25H27N3O3. The van der Waals surface area contributed by atoms with E-state index in [0.717, 1.165) is 22.6 Å². The molecule has 6 nitrogen and oxygen atoms in total. The SMILES string of the molecule is Cc1cccc(C)c1Oc1ccccc1NCC(=O)Nc1ccc(C(=O)N(C)C)cc1. The van der Waals surface area contributed by atoms with Crippen LogP contribution in [-0.2, 0) is 4.79 Å². The van der Waals surface area contributed by atoms with Crippen molar-refractivity contribution in [3.63, 3.8) is 0 Å². The van der Waals surface area contributed by atoms with Crippen LogP contribution in [0.2, 0.25) is 0 Å². The quantitative estimate of drug-likeness (QED) is 0.577. The summed E-state index contributed by atoms with van der Waals surface area (Å²) in [6, 6.07) is 20.3. The van der Waals surface area contributed by atoms with Crippen LogP contribution >= 0.6 is 0 Å². The molecule has 3 aromatic carbocycles. The maximum atomic E-state index is 12.4. The molecule has 0 saturated heterocycles. The van der Waals surface area contributed by atoms with Gasteiger partial charge in [0.15, 0.2) is 5.75 Å². The molecular weight excluding hydrogens is 390 g/mol. The molecule has 0 aliphatic carbocycles. The number of nitrogens with one attached hydrogen (secondary N) is 2. The van der Waals surface area contributed by atoms with Crippen molar-refractivity contribution in [3.8, 4) is 11.5 Å². The highest BCUT2D eigenvalue weighted by Gasteiger charge is 2.11. The van der Waals surface area contributed by atoms with Gasteiger partial charge >= 0.3 is 0 Å². The molecule has 0 fully saturated rings. The summed E-state index contributed by atoms with van der Waals surface area (Å²) in [7, 11) is 3.40. The van der Waals surface area contributed by atoms with Crippen LogP contribution in [0.5, 0.6) is 11.5 Å². The summed E-state index contributed by atoms with van der Waals surface area (Å²) in [6.45, 7) is 4.08. The van der Waals surface area contributed by atoms with Crippen molar-refractivity contribution in [3.05, 3.63) is 83.4 Å². The largest absolute Gasteiger partial charge is 0.455 e. The highest BCUT2D eigenvalue weighted by molar-refractivity contribution is 5.96. The van der Waals surface area contributed by atoms with Gasteiger partial charge in [0.1, 0.15) is 5.75 Å². The fourth-order valence-corrected chi connectivity index (χ4v) is 3.11. The van der Waals surface area contributed by atoms with E-state index < -0.39 is 0 Å². The molecule has 3 rings (SSSR count). The number of amides is 2. The van der Waals surface area contributed by atoms with E-state index in [9.17, 15) is 9.59 Å². The zero-order chi connectivity index (χ0) is 22.4. The Labute approximate surface area is 182 Å². The van der Waals surface area contributed by atoms with Gasteiger partial charge in [0.2, 0.25) is 5.91 Å². The van der Waals surface area contributed by atoms with Gasteiger partial charge in [0, 0.05) is 25.3 Å². The summed E-state index contributed by atoms with van der Waals surface area (Å²) in [6.07, 6.45) is 0. The standard InChI is InChI=1S/C25H27N3O3/c1-17-8-7-9-18(2)24(17)31-22-11-6-5-10-21(22)26-16-23(29)27-20-14-12-19(13-15-20)25(30)28(3)4/h5-15,26H,16H2,1-4H3,(H,27,29). The Balaban J connectivity index is 1.63. The molecule has 0 aromatic heterocycles. The minimum Gasteiger partial charge on any atom is -0.455 e. The Morgan fingerprint density at radius 3 is 2.16 bits per heavy atom. The third-order valence-corrected chi connectivity index (χ3v) is 4.77. The summed E-state index contributed by atoms with van der Waals surface area (Å²) in [5, 5.41) is 5.97. The van der Waals surface area contributed by atoms with E-state index in [1.807, 2.05) is 56.3 Å². The van der Waals surface area contributed by atoms with Crippen LogP contribution in [0.25, 0.3) is 0 Å². The predicted molar refractivity (Wildman–Crippen MR) is 124 cm³/mol. The van der Waals surface area contributed by atoms with Crippen molar-refractivity contribution < 1.29 is 14.3 Å². The van der Waals surface area contributed by atoms with E-state index >= 15 is 0 Å². The average Bonchev–Trinajstić information content (AvgIpc) is 2.75. The molecule has 0 radical (unpaired) electrons. The number of hydrogen-bond donors (Lipinski definition) is 2. The van der Waals surface area contributed by atoms with Crippen molar-refractivity contribution in [1.29, 1.82) is 0 Å². The van der Waals surface area contributed by atoms with Gasteiger partial charge in [0.25, 0.3) is 5.91 Å². The Bertz CT molecular complexity index is 1060. The maximum Gasteiger partial charge on any atom is 0.253 e. The van der Waals surface area contributed by atoms with Gasteiger partial charge in [-0.2, -0.15) is 0 Å². The fourth-order valence-electron chi connectivity index (χ4n) is 3.11. The number of nitrogens with zero attached hydrogens (tertiary/aromatic N) is 1. The minimum atomic E-state index is -0.200. The molecule has 0 aliphatic heterocycles. The number of carbonyl (C=O) groups is 2. The van der Waals surface area contributed by atoms with Gasteiger partial charge in [-0.05, 0) is 61.4 Å². The minimum absolute atomic E-state index is 0.0749. The zero-order valence-electron chi connectivity index (χ0n) is 18.2. The highest BCUT2D eigenvalue weighted by Crippen LogP contribution is 2.33. The van der Waals surface area contributed by atoms with E-state index in [-0.39, 0.29) is 18.4 Å². The van der Waals surface area contributed by atoms with Crippen molar-refractivity contribution in [2.45, 2.75) is 13.8 Å². The molecule has 0 saturated carbocycles. The van der Waals surface area contributed by atoms with Crippen LogP contribution in [-0.4, -0.2) is 37.4 Å². The molecule has 0 heterocycles. The first-order valence-electron chi connectivity index (χ1n) is 10.0. The van der Waals surface area contributed by atoms with Crippen LogP contribution in [0.3, 0.4) is 0 Å². The third-order valence-electron chi connectivity index (χ3n) is 4.77. The van der Waals surface area contributed by atoms with Crippen LogP contribution in [0, 0.1) is 13.8 Å². The van der Waals surface area contributed by atoms with E-state index in [0.29, 0.717) is 17.0 Å². The van der Waals surface area contributed by atoms with Crippen molar-refractivity contribution in [2.75, 3.05) is 31.3 Å². The van der Waals surface area contributed by atoms with E-state index in [1.165, 1.54) is 4.90 Å². The number of rotatable bonds is 7. The van der Waals surface area contributed by atoms with Gasteiger partial charge in [-0.1, -0.05) is 30.3 Å². The monoisotopic (exact) mass is 417 g/mol. The Morgan fingerprint density at radius 1 is 0.871 bits per heavy atom. The van der Waals surface area contributed by atoms with Crippen LogP contribution in [0.15, 0.2) is 66.7 Å². The first-order valence-corrected chi connectivity index (χ1v) is 10.0. The normalized spacial score (nSPS) is 10.3. The van der Waals surface area contributed by atoms with Crippen LogP contribution in [0.4, 0.5) is 11.4 Å². The van der Waals surface area contributed by atoms with Crippen LogP contribution in [0.1, 0.15) is 21.5 Å². The van der Waals surface area contributed by atoms with E-state index in [1.54, 1.807) is 38.4 Å². The molecule has 2 N–H and O–H groups in total. The highest BCUT2D eigenvalue weighted by atomic mass is 16.5. The summed E-state index contributed by atoms with van der Waals surface area (Å²) in [5.74, 6) is 1.18. The Kier molecular flexibility index (Phi) is 6.92. The number of aryl methyl sites for hydroxylation is 2. The second-order valence-electron chi connectivity index (χ2n) is 7.50. The average molecular weight is 418 g/mol. The first-order chi connectivity index (χ1) is 14.8. The summed E-state index contributed by atoms with van der Waals surface area (Å²) in [4.78, 5) is 25.9. The first kappa shape index (κ1) is 21.9. The number of benzene rings is 3. The van der Waals surface area contributed by atoms with Crippen LogP contribution < -0.4 is 15.4 Å². The number of anilines is 2. The molecule has 0 spiro atoms. The molecule has 3 aromatic rings. The molecule has 6 heteroatoms. The number of carbonyl (C=O) groups excluding carboxylic acids is 2. The molecule has 160 valence electrons. The predicted octanol–water partition coefficient (Wildman–Crippen LogP) is 4.85. The Morgan fingerprint density at radius 2 is 1.52 bits per heavy atom. The smallest absolute Gasteiger partial charge is 0.253 e. The molecule has 2 amide bonds. The number of ether oxygens (including phenoxy) is 1. The summed E-state index contributed by atoms with van der Waals surface area (Å²) in [5.41, 5.74) is 4.01.